The lowest BCUT2D eigenvalue weighted by molar-refractivity contribution is 0.112. The van der Waals surface area contributed by atoms with Crippen LogP contribution in [0.4, 0.5) is 0 Å². The number of benzene rings is 2. The molecule has 0 saturated heterocycles. The Bertz CT molecular complexity index is 622. The lowest BCUT2D eigenvalue weighted by Crippen LogP contribution is -1.94. The Morgan fingerprint density at radius 1 is 0.900 bits per heavy atom. The molecule has 104 valence electrons. The van der Waals surface area contributed by atoms with E-state index in [2.05, 4.69) is 12.1 Å². The molecule has 0 saturated carbocycles. The van der Waals surface area contributed by atoms with Crippen LogP contribution >= 0.6 is 0 Å². The lowest BCUT2D eigenvalue weighted by atomic mass is 9.98. The molecule has 0 N–H and O–H groups in total. The maximum atomic E-state index is 11.1. The molecular formula is C17H18O3. The molecule has 0 spiro atoms. The van der Waals surface area contributed by atoms with Crippen LogP contribution in [-0.4, -0.2) is 20.5 Å². The van der Waals surface area contributed by atoms with E-state index in [0.717, 1.165) is 34.3 Å². The average molecular weight is 270 g/mol. The van der Waals surface area contributed by atoms with Gasteiger partial charge in [0.15, 0.2) is 6.29 Å². The predicted octanol–water partition coefficient (Wildman–Crippen LogP) is 3.80. The van der Waals surface area contributed by atoms with Gasteiger partial charge in [-0.3, -0.25) is 4.79 Å². The molecular weight excluding hydrogens is 252 g/mol. The number of carbonyl (C=O) groups excluding carboxylic acids is 1. The predicted molar refractivity (Wildman–Crippen MR) is 79.8 cm³/mol. The third-order valence-corrected chi connectivity index (χ3v) is 3.35. The zero-order valence-electron chi connectivity index (χ0n) is 12.2. The van der Waals surface area contributed by atoms with Gasteiger partial charge in [0.25, 0.3) is 0 Å². The van der Waals surface area contributed by atoms with Gasteiger partial charge >= 0.3 is 0 Å². The van der Waals surface area contributed by atoms with E-state index in [9.17, 15) is 4.79 Å². The van der Waals surface area contributed by atoms with E-state index in [1.54, 1.807) is 14.2 Å². The Labute approximate surface area is 119 Å². The van der Waals surface area contributed by atoms with Crippen LogP contribution in [0.2, 0.25) is 0 Å². The van der Waals surface area contributed by atoms with E-state index in [1.165, 1.54) is 0 Å². The van der Waals surface area contributed by atoms with Crippen molar-refractivity contribution < 1.29 is 14.3 Å². The van der Waals surface area contributed by atoms with Crippen LogP contribution in [0, 0.1) is 13.8 Å². The summed E-state index contributed by atoms with van der Waals surface area (Å²) in [5.41, 5.74) is 4.75. The Hall–Kier alpha value is -2.29. The first kappa shape index (κ1) is 14.1. The first-order valence-electron chi connectivity index (χ1n) is 6.39. The Morgan fingerprint density at radius 3 is 2.05 bits per heavy atom. The van der Waals surface area contributed by atoms with E-state index < -0.39 is 0 Å². The standard InChI is InChI=1S/C17H18O3/c1-11-7-14(8-12(2)17(11)20-4)13-5-6-16(19-3)15(9-13)10-18/h5-10H,1-4H3. The normalized spacial score (nSPS) is 10.2. The second-order valence-corrected chi connectivity index (χ2v) is 4.72. The molecule has 0 atom stereocenters. The highest BCUT2D eigenvalue weighted by molar-refractivity contribution is 5.83. The number of ether oxygens (including phenoxy) is 2. The first-order chi connectivity index (χ1) is 9.60. The summed E-state index contributed by atoms with van der Waals surface area (Å²) in [5, 5.41) is 0. The largest absolute Gasteiger partial charge is 0.496 e. The van der Waals surface area contributed by atoms with Crippen LogP contribution in [0.15, 0.2) is 30.3 Å². The third kappa shape index (κ3) is 2.52. The zero-order chi connectivity index (χ0) is 14.7. The van der Waals surface area contributed by atoms with E-state index in [4.69, 9.17) is 9.47 Å². The van der Waals surface area contributed by atoms with Crippen molar-refractivity contribution in [1.29, 1.82) is 0 Å². The van der Waals surface area contributed by atoms with Gasteiger partial charge in [0.1, 0.15) is 11.5 Å². The number of aryl methyl sites for hydroxylation is 2. The summed E-state index contributed by atoms with van der Waals surface area (Å²) in [6.07, 6.45) is 0.811. The molecule has 0 aliphatic carbocycles. The molecule has 0 unspecified atom stereocenters. The molecule has 0 aromatic heterocycles. The molecule has 2 aromatic rings. The van der Waals surface area contributed by atoms with Crippen molar-refractivity contribution in [3.8, 4) is 22.6 Å². The topological polar surface area (TPSA) is 35.5 Å². The maximum Gasteiger partial charge on any atom is 0.153 e. The van der Waals surface area contributed by atoms with Crippen LogP contribution in [0.1, 0.15) is 21.5 Å². The monoisotopic (exact) mass is 270 g/mol. The number of carbonyl (C=O) groups is 1. The van der Waals surface area contributed by atoms with Gasteiger partial charge in [-0.2, -0.15) is 0 Å². The van der Waals surface area contributed by atoms with Crippen molar-refractivity contribution in [1.82, 2.24) is 0 Å². The van der Waals surface area contributed by atoms with Crippen molar-refractivity contribution in [2.75, 3.05) is 14.2 Å². The van der Waals surface area contributed by atoms with Gasteiger partial charge in [-0.1, -0.05) is 6.07 Å². The SMILES string of the molecule is COc1ccc(-c2cc(C)c(OC)c(C)c2)cc1C=O. The lowest BCUT2D eigenvalue weighted by Gasteiger charge is -2.12. The summed E-state index contributed by atoms with van der Waals surface area (Å²) in [5.74, 6) is 1.49. The molecule has 0 heterocycles. The van der Waals surface area contributed by atoms with Crippen molar-refractivity contribution in [3.63, 3.8) is 0 Å². The van der Waals surface area contributed by atoms with Crippen LogP contribution in [-0.2, 0) is 0 Å². The minimum Gasteiger partial charge on any atom is -0.496 e. The molecule has 2 rings (SSSR count). The molecule has 0 aliphatic rings. The number of hydrogen-bond acceptors (Lipinski definition) is 3. The summed E-state index contributed by atoms with van der Waals surface area (Å²) in [6.45, 7) is 4.03. The van der Waals surface area contributed by atoms with E-state index in [1.807, 2.05) is 32.0 Å². The van der Waals surface area contributed by atoms with Crippen LogP contribution in [0.3, 0.4) is 0 Å². The van der Waals surface area contributed by atoms with Gasteiger partial charge in [0.05, 0.1) is 19.8 Å². The van der Waals surface area contributed by atoms with Gasteiger partial charge in [-0.15, -0.1) is 0 Å². The quantitative estimate of drug-likeness (QED) is 0.793. The summed E-state index contributed by atoms with van der Waals surface area (Å²) >= 11 is 0. The Kier molecular flexibility index (Phi) is 4.08. The fourth-order valence-electron chi connectivity index (χ4n) is 2.44. The molecule has 2 aromatic carbocycles. The van der Waals surface area contributed by atoms with Crippen LogP contribution < -0.4 is 9.47 Å². The van der Waals surface area contributed by atoms with Crippen LogP contribution in [0.5, 0.6) is 11.5 Å². The minimum absolute atomic E-state index is 0.552. The van der Waals surface area contributed by atoms with Crippen LogP contribution in [0.25, 0.3) is 11.1 Å². The summed E-state index contributed by atoms with van der Waals surface area (Å²) in [4.78, 5) is 11.1. The van der Waals surface area contributed by atoms with Gasteiger partial charge in [-0.05, 0) is 60.4 Å². The van der Waals surface area contributed by atoms with Crippen molar-refractivity contribution in [2.24, 2.45) is 0 Å². The van der Waals surface area contributed by atoms with Crippen molar-refractivity contribution in [2.45, 2.75) is 13.8 Å². The second kappa shape index (κ2) is 5.78. The molecule has 0 bridgehead atoms. The maximum absolute atomic E-state index is 11.1. The molecule has 20 heavy (non-hydrogen) atoms. The van der Waals surface area contributed by atoms with Gasteiger partial charge in [0.2, 0.25) is 0 Å². The van der Waals surface area contributed by atoms with Gasteiger partial charge in [0, 0.05) is 0 Å². The molecule has 0 radical (unpaired) electrons. The average Bonchev–Trinajstić information content (AvgIpc) is 2.46. The van der Waals surface area contributed by atoms with Gasteiger partial charge < -0.3 is 9.47 Å². The summed E-state index contributed by atoms with van der Waals surface area (Å²) in [7, 11) is 3.23. The van der Waals surface area contributed by atoms with Gasteiger partial charge in [-0.25, -0.2) is 0 Å². The Balaban J connectivity index is 2.54. The number of methoxy groups -OCH3 is 2. The molecule has 0 aliphatic heterocycles. The molecule has 3 nitrogen and oxygen atoms in total. The number of rotatable bonds is 4. The molecule has 0 fully saturated rings. The van der Waals surface area contributed by atoms with E-state index in [0.29, 0.717) is 11.3 Å². The summed E-state index contributed by atoms with van der Waals surface area (Å²) in [6, 6.07) is 9.72. The minimum atomic E-state index is 0.552. The fraction of sp³-hybridized carbons (Fsp3) is 0.235. The van der Waals surface area contributed by atoms with Crippen molar-refractivity contribution in [3.05, 3.63) is 47.0 Å². The highest BCUT2D eigenvalue weighted by Crippen LogP contribution is 2.31. The highest BCUT2D eigenvalue weighted by Gasteiger charge is 2.09. The number of hydrogen-bond donors (Lipinski definition) is 0. The zero-order valence-corrected chi connectivity index (χ0v) is 12.2. The second-order valence-electron chi connectivity index (χ2n) is 4.72. The fourth-order valence-corrected chi connectivity index (χ4v) is 2.44. The van der Waals surface area contributed by atoms with E-state index >= 15 is 0 Å². The molecule has 3 heteroatoms. The Morgan fingerprint density at radius 2 is 1.55 bits per heavy atom. The third-order valence-electron chi connectivity index (χ3n) is 3.35. The number of aldehydes is 1. The van der Waals surface area contributed by atoms with E-state index in [-0.39, 0.29) is 0 Å². The molecule has 0 amide bonds. The van der Waals surface area contributed by atoms with Crippen molar-refractivity contribution >= 4 is 6.29 Å². The summed E-state index contributed by atoms with van der Waals surface area (Å²) < 4.78 is 10.5. The first-order valence-corrected chi connectivity index (χ1v) is 6.39. The highest BCUT2D eigenvalue weighted by atomic mass is 16.5. The smallest absolute Gasteiger partial charge is 0.153 e.